The van der Waals surface area contributed by atoms with Crippen LogP contribution in [0.1, 0.15) is 27.7 Å². The van der Waals surface area contributed by atoms with Crippen LogP contribution in [0, 0.1) is 0 Å². The number of phenolic OH excluding ortho intramolecular Hbond substituents is 1. The van der Waals surface area contributed by atoms with Crippen LogP contribution in [-0.2, 0) is 6.42 Å². The fraction of sp³-hybridized carbons (Fsp3) is 0.208. The number of ether oxygens (including phenoxy) is 2. The van der Waals surface area contributed by atoms with E-state index in [0.29, 0.717) is 29.8 Å². The molecule has 0 aromatic heterocycles. The molecule has 1 aliphatic heterocycles. The van der Waals surface area contributed by atoms with Crippen molar-refractivity contribution in [3.8, 4) is 17.2 Å². The van der Waals surface area contributed by atoms with Crippen molar-refractivity contribution in [2.45, 2.75) is 12.6 Å². The van der Waals surface area contributed by atoms with Crippen LogP contribution in [0.3, 0.4) is 0 Å². The summed E-state index contributed by atoms with van der Waals surface area (Å²) in [6.45, 7) is 0.480. The van der Waals surface area contributed by atoms with Crippen molar-refractivity contribution in [3.63, 3.8) is 0 Å². The number of nitrogens with one attached hydrogen (secondary N) is 1. The van der Waals surface area contributed by atoms with Crippen molar-refractivity contribution in [2.24, 2.45) is 0 Å². The van der Waals surface area contributed by atoms with Gasteiger partial charge in [-0.3, -0.25) is 4.79 Å². The lowest BCUT2D eigenvalue weighted by atomic mass is 10.0. The fourth-order valence-corrected chi connectivity index (χ4v) is 3.74. The van der Waals surface area contributed by atoms with E-state index >= 15 is 0 Å². The van der Waals surface area contributed by atoms with E-state index in [1.807, 2.05) is 54.6 Å². The number of amides is 1. The maximum absolute atomic E-state index is 13.3. The van der Waals surface area contributed by atoms with Gasteiger partial charge in [-0.25, -0.2) is 0 Å². The number of hydrogen-bond donors (Lipinski definition) is 2. The highest BCUT2D eigenvalue weighted by atomic mass is 16.5. The maximum Gasteiger partial charge on any atom is 0.257 e. The number of nitrogens with zero attached hydrogens (tertiary/aromatic N) is 1. The summed E-state index contributed by atoms with van der Waals surface area (Å²) in [5, 5.41) is 14.1. The number of aromatic hydroxyl groups is 1. The van der Waals surface area contributed by atoms with E-state index in [0.717, 1.165) is 17.0 Å². The van der Waals surface area contributed by atoms with Crippen molar-refractivity contribution < 1.29 is 19.4 Å². The molecule has 0 spiro atoms. The highest BCUT2D eigenvalue weighted by Gasteiger charge is 2.34. The van der Waals surface area contributed by atoms with Gasteiger partial charge in [0, 0.05) is 17.8 Å². The minimum atomic E-state index is -0.513. The van der Waals surface area contributed by atoms with E-state index in [1.165, 1.54) is 7.11 Å². The summed E-state index contributed by atoms with van der Waals surface area (Å²) in [6, 6.07) is 20.5. The molecule has 4 rings (SSSR count). The van der Waals surface area contributed by atoms with Crippen molar-refractivity contribution >= 4 is 11.6 Å². The van der Waals surface area contributed by atoms with Crippen LogP contribution in [0.15, 0.2) is 66.7 Å². The topological polar surface area (TPSA) is 71.0 Å². The Morgan fingerprint density at radius 2 is 1.73 bits per heavy atom. The Kier molecular flexibility index (Phi) is 5.48. The molecule has 154 valence electrons. The number of fused-ring (bicyclic) bond motifs is 1. The molecular weight excluding hydrogens is 380 g/mol. The zero-order valence-electron chi connectivity index (χ0n) is 17.0. The molecule has 0 fully saturated rings. The van der Waals surface area contributed by atoms with Gasteiger partial charge in [-0.2, -0.15) is 0 Å². The average Bonchev–Trinajstić information content (AvgIpc) is 2.79. The molecule has 0 unspecified atom stereocenters. The molecule has 1 atom stereocenters. The van der Waals surface area contributed by atoms with Crippen LogP contribution < -0.4 is 14.8 Å². The summed E-state index contributed by atoms with van der Waals surface area (Å²) in [7, 11) is 3.14. The van der Waals surface area contributed by atoms with Gasteiger partial charge in [-0.1, -0.05) is 36.4 Å². The third kappa shape index (κ3) is 3.64. The van der Waals surface area contributed by atoms with Gasteiger partial charge in [0.15, 0.2) is 11.5 Å². The van der Waals surface area contributed by atoms with Crippen molar-refractivity contribution in [1.82, 2.24) is 4.90 Å². The number of phenols is 1. The van der Waals surface area contributed by atoms with Gasteiger partial charge < -0.3 is 24.8 Å². The number of benzene rings is 3. The lowest BCUT2D eigenvalue weighted by molar-refractivity contribution is 0.0683. The Bertz CT molecular complexity index is 1050. The van der Waals surface area contributed by atoms with Crippen molar-refractivity contribution in [1.29, 1.82) is 0 Å². The van der Waals surface area contributed by atoms with Crippen LogP contribution in [0.25, 0.3) is 0 Å². The van der Waals surface area contributed by atoms with Crippen LogP contribution in [0.4, 0.5) is 5.69 Å². The lowest BCUT2D eigenvalue weighted by Gasteiger charge is -2.38. The first kappa shape index (κ1) is 19.6. The van der Waals surface area contributed by atoms with E-state index in [1.54, 1.807) is 24.1 Å². The average molecular weight is 404 g/mol. The zero-order valence-corrected chi connectivity index (χ0v) is 17.0. The van der Waals surface area contributed by atoms with Gasteiger partial charge in [0.2, 0.25) is 0 Å². The molecule has 3 aromatic rings. The van der Waals surface area contributed by atoms with E-state index in [2.05, 4.69) is 5.32 Å². The number of para-hydroxylation sites is 2. The predicted molar refractivity (Wildman–Crippen MR) is 115 cm³/mol. The molecule has 0 radical (unpaired) electrons. The highest BCUT2D eigenvalue weighted by molar-refractivity contribution is 6.01. The molecule has 0 bridgehead atoms. The van der Waals surface area contributed by atoms with E-state index < -0.39 is 6.17 Å². The smallest absolute Gasteiger partial charge is 0.257 e. The lowest BCUT2D eigenvalue weighted by Crippen LogP contribution is -2.44. The molecule has 3 aromatic carbocycles. The first-order valence-corrected chi connectivity index (χ1v) is 9.77. The molecule has 1 heterocycles. The monoisotopic (exact) mass is 404 g/mol. The first-order valence-electron chi connectivity index (χ1n) is 9.77. The maximum atomic E-state index is 13.3. The Labute approximate surface area is 175 Å². The third-order valence-electron chi connectivity index (χ3n) is 5.37. The standard InChI is InChI=1S/C24H24N2O4/c1-29-17-12-10-16(11-13-17)14-15-26-23(19-7-5-9-21(30-2)22(19)27)25-20-8-4-3-6-18(20)24(26)28/h3-13,23,25,27H,14-15H2,1-2H3/t23-/m0/s1. The molecule has 1 amide bonds. The SMILES string of the molecule is COc1ccc(CCN2C(=O)c3ccccc3N[C@@H]2c2cccc(OC)c2O)cc1. The number of anilines is 1. The second kappa shape index (κ2) is 8.37. The van der Waals surface area contributed by atoms with E-state index in [9.17, 15) is 9.90 Å². The summed E-state index contributed by atoms with van der Waals surface area (Å²) in [4.78, 5) is 15.1. The zero-order chi connectivity index (χ0) is 21.1. The molecule has 0 saturated carbocycles. The third-order valence-corrected chi connectivity index (χ3v) is 5.37. The molecule has 2 N–H and O–H groups in total. The molecule has 6 nitrogen and oxygen atoms in total. The molecule has 0 aliphatic carbocycles. The summed E-state index contributed by atoms with van der Waals surface area (Å²) < 4.78 is 10.5. The molecular formula is C24H24N2O4. The molecule has 1 aliphatic rings. The summed E-state index contributed by atoms with van der Waals surface area (Å²) >= 11 is 0. The van der Waals surface area contributed by atoms with Crippen LogP contribution >= 0.6 is 0 Å². The quantitative estimate of drug-likeness (QED) is 0.644. The van der Waals surface area contributed by atoms with Crippen LogP contribution in [-0.4, -0.2) is 36.7 Å². The van der Waals surface area contributed by atoms with E-state index in [-0.39, 0.29) is 11.7 Å². The molecule has 30 heavy (non-hydrogen) atoms. The van der Waals surface area contributed by atoms with Crippen molar-refractivity contribution in [2.75, 3.05) is 26.1 Å². The van der Waals surface area contributed by atoms with Crippen molar-refractivity contribution in [3.05, 3.63) is 83.4 Å². The van der Waals surface area contributed by atoms with Gasteiger partial charge in [0.25, 0.3) is 5.91 Å². The largest absolute Gasteiger partial charge is 0.504 e. The number of carbonyl (C=O) groups is 1. The number of carbonyl (C=O) groups excluding carboxylic acids is 1. The Morgan fingerprint density at radius 3 is 2.47 bits per heavy atom. The van der Waals surface area contributed by atoms with Gasteiger partial charge >= 0.3 is 0 Å². The second-order valence-electron chi connectivity index (χ2n) is 7.09. The normalized spacial score (nSPS) is 15.3. The second-order valence-corrected chi connectivity index (χ2v) is 7.09. The molecule has 6 heteroatoms. The van der Waals surface area contributed by atoms with Gasteiger partial charge in [0.05, 0.1) is 19.8 Å². The Hall–Kier alpha value is -3.67. The van der Waals surface area contributed by atoms with Gasteiger partial charge in [-0.05, 0) is 42.3 Å². The van der Waals surface area contributed by atoms with Gasteiger partial charge in [0.1, 0.15) is 11.9 Å². The summed E-state index contributed by atoms with van der Waals surface area (Å²) in [5.74, 6) is 1.11. The molecule has 0 saturated heterocycles. The number of methoxy groups -OCH3 is 2. The summed E-state index contributed by atoms with van der Waals surface area (Å²) in [6.07, 6.45) is 0.154. The fourth-order valence-electron chi connectivity index (χ4n) is 3.74. The minimum Gasteiger partial charge on any atom is -0.504 e. The Morgan fingerprint density at radius 1 is 0.967 bits per heavy atom. The Balaban J connectivity index is 1.67. The van der Waals surface area contributed by atoms with Crippen LogP contribution in [0.5, 0.6) is 17.2 Å². The summed E-state index contributed by atoms with van der Waals surface area (Å²) in [5.41, 5.74) is 3.05. The highest BCUT2D eigenvalue weighted by Crippen LogP contribution is 2.40. The van der Waals surface area contributed by atoms with Crippen LogP contribution in [0.2, 0.25) is 0 Å². The van der Waals surface area contributed by atoms with E-state index in [4.69, 9.17) is 9.47 Å². The first-order chi connectivity index (χ1) is 14.6. The number of rotatable bonds is 6. The van der Waals surface area contributed by atoms with Gasteiger partial charge in [-0.15, -0.1) is 0 Å². The number of hydrogen-bond acceptors (Lipinski definition) is 5. The minimum absolute atomic E-state index is 0.0270. The predicted octanol–water partition coefficient (Wildman–Crippen LogP) is 4.22.